The van der Waals surface area contributed by atoms with Gasteiger partial charge in [-0.1, -0.05) is 32.9 Å². The number of piperazine rings is 1. The first-order valence-electron chi connectivity index (χ1n) is 8.88. The highest BCUT2D eigenvalue weighted by molar-refractivity contribution is 5.77. The Kier molecular flexibility index (Phi) is 6.34. The van der Waals surface area contributed by atoms with E-state index in [1.165, 1.54) is 0 Å². The maximum absolute atomic E-state index is 11.8. The van der Waals surface area contributed by atoms with E-state index in [1.807, 2.05) is 0 Å². The molecule has 7 heteroatoms. The number of nitrogens with zero attached hydrogens (tertiary/aromatic N) is 4. The first-order chi connectivity index (χ1) is 11.3. The molecule has 1 atom stereocenters. The molecule has 0 bridgehead atoms. The molecule has 1 aromatic heterocycles. The Hall–Kier alpha value is -1.47. The summed E-state index contributed by atoms with van der Waals surface area (Å²) in [5.74, 6) is 1.54. The average Bonchev–Trinajstić information content (AvgIpc) is 3.03. The normalized spacial score (nSPS) is 18.5. The van der Waals surface area contributed by atoms with Gasteiger partial charge < -0.3 is 9.84 Å². The van der Waals surface area contributed by atoms with Crippen molar-refractivity contribution in [3.05, 3.63) is 11.7 Å². The van der Waals surface area contributed by atoms with Crippen molar-refractivity contribution >= 4 is 5.91 Å². The summed E-state index contributed by atoms with van der Waals surface area (Å²) >= 11 is 0. The van der Waals surface area contributed by atoms with E-state index in [-0.39, 0.29) is 17.4 Å². The van der Waals surface area contributed by atoms with Crippen molar-refractivity contribution in [2.45, 2.75) is 52.5 Å². The summed E-state index contributed by atoms with van der Waals surface area (Å²) in [6.45, 7) is 15.2. The van der Waals surface area contributed by atoms with Gasteiger partial charge in [0.15, 0.2) is 5.82 Å². The molecule has 1 fully saturated rings. The van der Waals surface area contributed by atoms with Gasteiger partial charge in [-0.05, 0) is 13.3 Å². The molecule has 0 aromatic carbocycles. The molecule has 1 N–H and O–H groups in total. The van der Waals surface area contributed by atoms with Crippen LogP contribution in [0.25, 0.3) is 0 Å². The molecule has 0 saturated carbocycles. The minimum absolute atomic E-state index is 0.102. The number of carbonyl (C=O) groups excluding carboxylic acids is 1. The predicted octanol–water partition coefficient (Wildman–Crippen LogP) is 1.57. The van der Waals surface area contributed by atoms with E-state index in [0.717, 1.165) is 45.0 Å². The zero-order valence-corrected chi connectivity index (χ0v) is 15.6. The minimum Gasteiger partial charge on any atom is -0.355 e. The smallest absolute Gasteiger partial charge is 0.243 e. The highest BCUT2D eigenvalue weighted by Crippen LogP contribution is 2.24. The van der Waals surface area contributed by atoms with Gasteiger partial charge in [-0.2, -0.15) is 4.98 Å². The molecule has 2 heterocycles. The van der Waals surface area contributed by atoms with Crippen LogP contribution in [-0.4, -0.2) is 65.1 Å². The van der Waals surface area contributed by atoms with E-state index in [0.29, 0.717) is 12.4 Å². The molecule has 0 spiro atoms. The Morgan fingerprint density at radius 1 is 1.29 bits per heavy atom. The lowest BCUT2D eigenvalue weighted by Crippen LogP contribution is -2.50. The fourth-order valence-electron chi connectivity index (χ4n) is 2.70. The summed E-state index contributed by atoms with van der Waals surface area (Å²) in [7, 11) is 0. The lowest BCUT2D eigenvalue weighted by atomic mass is 9.96. The Morgan fingerprint density at radius 3 is 2.50 bits per heavy atom. The third-order valence-electron chi connectivity index (χ3n) is 4.36. The van der Waals surface area contributed by atoms with Crippen LogP contribution in [0, 0.1) is 0 Å². The van der Waals surface area contributed by atoms with Gasteiger partial charge in [0.2, 0.25) is 11.8 Å². The summed E-state index contributed by atoms with van der Waals surface area (Å²) in [4.78, 5) is 20.9. The predicted molar refractivity (Wildman–Crippen MR) is 92.7 cm³/mol. The summed E-state index contributed by atoms with van der Waals surface area (Å²) in [5.41, 5.74) is -0.105. The topological polar surface area (TPSA) is 74.5 Å². The fourth-order valence-corrected chi connectivity index (χ4v) is 2.70. The second-order valence-corrected chi connectivity index (χ2v) is 7.54. The molecule has 1 aliphatic rings. The van der Waals surface area contributed by atoms with Crippen molar-refractivity contribution in [3.63, 3.8) is 0 Å². The van der Waals surface area contributed by atoms with Crippen LogP contribution in [0.2, 0.25) is 0 Å². The molecule has 7 nitrogen and oxygen atoms in total. The van der Waals surface area contributed by atoms with Crippen molar-refractivity contribution in [1.82, 2.24) is 25.3 Å². The van der Waals surface area contributed by atoms with Gasteiger partial charge in [-0.25, -0.2) is 0 Å². The lowest BCUT2D eigenvalue weighted by molar-refractivity contribution is -0.122. The van der Waals surface area contributed by atoms with E-state index in [1.54, 1.807) is 0 Å². The van der Waals surface area contributed by atoms with E-state index in [4.69, 9.17) is 4.52 Å². The van der Waals surface area contributed by atoms with Crippen LogP contribution in [0.4, 0.5) is 0 Å². The zero-order chi connectivity index (χ0) is 17.7. The second kappa shape index (κ2) is 8.07. The van der Waals surface area contributed by atoms with Crippen LogP contribution < -0.4 is 5.32 Å². The molecule has 1 amide bonds. The average molecular weight is 337 g/mol. The van der Waals surface area contributed by atoms with Crippen molar-refractivity contribution in [3.8, 4) is 0 Å². The molecule has 24 heavy (non-hydrogen) atoms. The molecular formula is C17H31N5O2. The Bertz CT molecular complexity index is 529. The van der Waals surface area contributed by atoms with E-state index >= 15 is 0 Å². The minimum atomic E-state index is -0.105. The van der Waals surface area contributed by atoms with E-state index in [9.17, 15) is 4.79 Å². The van der Waals surface area contributed by atoms with Crippen LogP contribution in [0.1, 0.15) is 58.8 Å². The van der Waals surface area contributed by atoms with Crippen LogP contribution in [0.5, 0.6) is 0 Å². The Morgan fingerprint density at radius 2 is 1.96 bits per heavy atom. The van der Waals surface area contributed by atoms with Gasteiger partial charge in [0, 0.05) is 38.1 Å². The summed E-state index contributed by atoms with van der Waals surface area (Å²) in [6, 6.07) is 0.102. The van der Waals surface area contributed by atoms with E-state index < -0.39 is 0 Å². The van der Waals surface area contributed by atoms with Crippen molar-refractivity contribution in [2.75, 3.05) is 39.3 Å². The lowest BCUT2D eigenvalue weighted by Gasteiger charge is -2.36. The number of hydrogen-bond donors (Lipinski definition) is 1. The largest absolute Gasteiger partial charge is 0.355 e. The van der Waals surface area contributed by atoms with Crippen LogP contribution in [0.15, 0.2) is 4.52 Å². The number of carbonyl (C=O) groups is 1. The Balaban J connectivity index is 1.83. The first-order valence-corrected chi connectivity index (χ1v) is 8.88. The Labute approximate surface area is 144 Å². The summed E-state index contributed by atoms with van der Waals surface area (Å²) in [5, 5.41) is 7.04. The third kappa shape index (κ3) is 5.01. The molecule has 1 aliphatic heterocycles. The highest BCUT2D eigenvalue weighted by atomic mass is 16.5. The van der Waals surface area contributed by atoms with Gasteiger partial charge in [-0.3, -0.25) is 14.6 Å². The SMILES string of the molecule is CCCNC(=O)CN1CCN([C@H](C)c2nc(C(C)(C)C)no2)CC1. The molecular weight excluding hydrogens is 306 g/mol. The molecule has 2 rings (SSSR count). The molecule has 0 radical (unpaired) electrons. The van der Waals surface area contributed by atoms with Gasteiger partial charge in [0.05, 0.1) is 12.6 Å². The molecule has 1 aromatic rings. The molecule has 0 aliphatic carbocycles. The zero-order valence-electron chi connectivity index (χ0n) is 15.6. The van der Waals surface area contributed by atoms with Crippen molar-refractivity contribution < 1.29 is 9.32 Å². The van der Waals surface area contributed by atoms with Gasteiger partial charge >= 0.3 is 0 Å². The standard InChI is InChI=1S/C17H31N5O2/c1-6-7-18-14(23)12-21-8-10-22(11-9-21)13(2)15-19-16(20-24-15)17(3,4)5/h13H,6-12H2,1-5H3,(H,18,23)/t13-/m1/s1. The maximum Gasteiger partial charge on any atom is 0.243 e. The molecule has 136 valence electrons. The highest BCUT2D eigenvalue weighted by Gasteiger charge is 2.28. The summed E-state index contributed by atoms with van der Waals surface area (Å²) in [6.07, 6.45) is 0.970. The van der Waals surface area contributed by atoms with Crippen molar-refractivity contribution in [1.29, 1.82) is 0 Å². The van der Waals surface area contributed by atoms with Crippen LogP contribution in [-0.2, 0) is 10.2 Å². The second-order valence-electron chi connectivity index (χ2n) is 7.54. The van der Waals surface area contributed by atoms with Gasteiger partial charge in [-0.15, -0.1) is 0 Å². The number of nitrogens with one attached hydrogen (secondary N) is 1. The quantitative estimate of drug-likeness (QED) is 0.849. The number of rotatable bonds is 6. The van der Waals surface area contributed by atoms with Gasteiger partial charge in [0.1, 0.15) is 0 Å². The van der Waals surface area contributed by atoms with E-state index in [2.05, 4.69) is 59.9 Å². The monoisotopic (exact) mass is 337 g/mol. The van der Waals surface area contributed by atoms with Gasteiger partial charge in [0.25, 0.3) is 0 Å². The fraction of sp³-hybridized carbons (Fsp3) is 0.824. The number of amides is 1. The molecule has 1 saturated heterocycles. The number of aromatic nitrogens is 2. The van der Waals surface area contributed by atoms with Crippen LogP contribution >= 0.6 is 0 Å². The maximum atomic E-state index is 11.8. The first kappa shape index (κ1) is 18.9. The van der Waals surface area contributed by atoms with Crippen molar-refractivity contribution in [2.24, 2.45) is 0 Å². The van der Waals surface area contributed by atoms with Crippen LogP contribution in [0.3, 0.4) is 0 Å². The summed E-state index contributed by atoms with van der Waals surface area (Å²) < 4.78 is 5.46. The molecule has 0 unspecified atom stereocenters. The number of hydrogen-bond acceptors (Lipinski definition) is 6. The third-order valence-corrected chi connectivity index (χ3v) is 4.36.